The van der Waals surface area contributed by atoms with E-state index in [1.54, 1.807) is 26.0 Å². The molecule has 0 bridgehead atoms. The molecular weight excluding hydrogens is 474 g/mol. The summed E-state index contributed by atoms with van der Waals surface area (Å²) in [6, 6.07) is 10.3. The van der Waals surface area contributed by atoms with Crippen molar-refractivity contribution in [2.24, 2.45) is 5.41 Å². The topological polar surface area (TPSA) is 77.1 Å². The average Bonchev–Trinajstić information content (AvgIpc) is 3.25. The maximum absolute atomic E-state index is 14.7. The number of hydrogen-bond acceptors (Lipinski definition) is 5. The van der Waals surface area contributed by atoms with E-state index >= 15 is 0 Å². The number of H-pyrrole nitrogens is 1. The summed E-state index contributed by atoms with van der Waals surface area (Å²) in [7, 11) is 0. The molecule has 0 atom stereocenters. The number of aryl methyl sites for hydroxylation is 1. The molecule has 1 aliphatic heterocycles. The number of anilines is 2. The zero-order valence-electron chi connectivity index (χ0n) is 20.6. The van der Waals surface area contributed by atoms with Crippen LogP contribution >= 0.6 is 0 Å². The molecule has 2 aromatic heterocycles. The molecule has 1 aromatic carbocycles. The Morgan fingerprint density at radius 1 is 1.06 bits per heavy atom. The van der Waals surface area contributed by atoms with Gasteiger partial charge in [0, 0.05) is 35.7 Å². The Hall–Kier alpha value is -2.98. The van der Waals surface area contributed by atoms with E-state index in [2.05, 4.69) is 20.5 Å². The molecule has 6 nitrogen and oxygen atoms in total. The Labute approximate surface area is 207 Å². The fraction of sp³-hybridized carbons (Fsp3) is 0.462. The standard InChI is InChI=1S/C26H31F4N5O/c1-17-14-23(34-33-17)32-22-9-8-20(27)21(31-22)15-25(16-36)10-12-35(13-11-25)24(2,3)18-6-4-5-7-19(18)26(28,29)30/h4-9,14,36H,10-13,15-16H2,1-3H3,(H2,31,32,33,34). The average molecular weight is 506 g/mol. The zero-order valence-corrected chi connectivity index (χ0v) is 20.6. The van der Waals surface area contributed by atoms with Crippen molar-refractivity contribution < 1.29 is 22.7 Å². The van der Waals surface area contributed by atoms with Crippen LogP contribution in [0.4, 0.5) is 29.2 Å². The number of benzene rings is 1. The molecule has 0 unspecified atom stereocenters. The van der Waals surface area contributed by atoms with E-state index in [1.807, 2.05) is 11.8 Å². The molecule has 4 rings (SSSR count). The molecule has 3 aromatic rings. The van der Waals surface area contributed by atoms with Gasteiger partial charge in [-0.3, -0.25) is 10.00 Å². The first kappa shape index (κ1) is 26.1. The maximum atomic E-state index is 14.7. The highest BCUT2D eigenvalue weighted by molar-refractivity contribution is 5.51. The fourth-order valence-corrected chi connectivity index (χ4v) is 5.01. The summed E-state index contributed by atoms with van der Waals surface area (Å²) >= 11 is 0. The Morgan fingerprint density at radius 2 is 1.72 bits per heavy atom. The van der Waals surface area contributed by atoms with Gasteiger partial charge in [-0.1, -0.05) is 18.2 Å². The van der Waals surface area contributed by atoms with Crippen LogP contribution in [0, 0.1) is 18.2 Å². The largest absolute Gasteiger partial charge is 0.416 e. The van der Waals surface area contributed by atoms with Crippen LogP contribution < -0.4 is 5.32 Å². The molecule has 1 aliphatic rings. The first-order valence-electron chi connectivity index (χ1n) is 11.9. The van der Waals surface area contributed by atoms with Gasteiger partial charge >= 0.3 is 6.18 Å². The van der Waals surface area contributed by atoms with Gasteiger partial charge in [0.2, 0.25) is 0 Å². The molecule has 0 amide bonds. The molecule has 194 valence electrons. The molecule has 0 aliphatic carbocycles. The number of aromatic nitrogens is 3. The molecule has 0 saturated carbocycles. The van der Waals surface area contributed by atoms with Gasteiger partial charge in [-0.2, -0.15) is 18.3 Å². The molecule has 1 fully saturated rings. The van der Waals surface area contributed by atoms with Gasteiger partial charge in [-0.25, -0.2) is 9.37 Å². The summed E-state index contributed by atoms with van der Waals surface area (Å²) in [6.07, 6.45) is -3.23. The summed E-state index contributed by atoms with van der Waals surface area (Å²) in [5.74, 6) is 0.533. The normalized spacial score (nSPS) is 16.8. The fourth-order valence-electron chi connectivity index (χ4n) is 5.01. The Bertz CT molecular complexity index is 1200. The zero-order chi connectivity index (χ0) is 26.1. The number of pyridine rings is 1. The van der Waals surface area contributed by atoms with Crippen molar-refractivity contribution in [3.8, 4) is 0 Å². The molecule has 0 spiro atoms. The van der Waals surface area contributed by atoms with E-state index in [0.29, 0.717) is 37.6 Å². The van der Waals surface area contributed by atoms with Gasteiger partial charge in [-0.15, -0.1) is 0 Å². The monoisotopic (exact) mass is 505 g/mol. The van der Waals surface area contributed by atoms with Crippen molar-refractivity contribution in [3.05, 3.63) is 70.8 Å². The number of aliphatic hydroxyl groups is 1. The molecule has 10 heteroatoms. The lowest BCUT2D eigenvalue weighted by atomic mass is 9.73. The number of halogens is 4. The minimum Gasteiger partial charge on any atom is -0.396 e. The summed E-state index contributed by atoms with van der Waals surface area (Å²) in [5.41, 5.74) is -0.817. The Kier molecular flexibility index (Phi) is 7.12. The minimum atomic E-state index is -4.45. The number of aromatic amines is 1. The van der Waals surface area contributed by atoms with Crippen LogP contribution in [0.3, 0.4) is 0 Å². The van der Waals surface area contributed by atoms with Crippen molar-refractivity contribution in [1.29, 1.82) is 0 Å². The number of aliphatic hydroxyl groups excluding tert-OH is 1. The van der Waals surface area contributed by atoms with Crippen molar-refractivity contribution in [3.63, 3.8) is 0 Å². The summed E-state index contributed by atoms with van der Waals surface area (Å²) in [6.45, 7) is 6.20. The predicted molar refractivity (Wildman–Crippen MR) is 129 cm³/mol. The van der Waals surface area contributed by atoms with Crippen molar-refractivity contribution in [1.82, 2.24) is 20.1 Å². The van der Waals surface area contributed by atoms with Gasteiger partial charge in [0.15, 0.2) is 5.82 Å². The van der Waals surface area contributed by atoms with Gasteiger partial charge in [0.25, 0.3) is 0 Å². The third-order valence-corrected chi connectivity index (χ3v) is 7.26. The number of hydrogen-bond donors (Lipinski definition) is 3. The first-order valence-corrected chi connectivity index (χ1v) is 11.9. The van der Waals surface area contributed by atoms with E-state index in [4.69, 9.17) is 0 Å². The predicted octanol–water partition coefficient (Wildman–Crippen LogP) is 5.57. The second-order valence-electron chi connectivity index (χ2n) is 10.1. The van der Waals surface area contributed by atoms with E-state index < -0.39 is 28.5 Å². The van der Waals surface area contributed by atoms with Gasteiger partial charge in [-0.05, 0) is 70.5 Å². The Balaban J connectivity index is 1.50. The number of nitrogens with zero attached hydrogens (tertiary/aromatic N) is 3. The van der Waals surface area contributed by atoms with Crippen molar-refractivity contribution in [2.45, 2.75) is 51.7 Å². The molecule has 3 heterocycles. The van der Waals surface area contributed by atoms with E-state index in [-0.39, 0.29) is 24.3 Å². The van der Waals surface area contributed by atoms with Crippen LogP contribution in [0.2, 0.25) is 0 Å². The number of likely N-dealkylation sites (tertiary alicyclic amines) is 1. The van der Waals surface area contributed by atoms with Crippen molar-refractivity contribution >= 4 is 11.6 Å². The van der Waals surface area contributed by atoms with Gasteiger partial charge in [0.1, 0.15) is 11.6 Å². The number of nitrogens with one attached hydrogen (secondary N) is 2. The van der Waals surface area contributed by atoms with Crippen LogP contribution in [0.5, 0.6) is 0 Å². The quantitative estimate of drug-likeness (QED) is 0.366. The summed E-state index contributed by atoms with van der Waals surface area (Å²) in [4.78, 5) is 6.44. The van der Waals surface area contributed by atoms with Crippen LogP contribution in [0.25, 0.3) is 0 Å². The summed E-state index contributed by atoms with van der Waals surface area (Å²) in [5, 5.41) is 20.3. The van der Waals surface area contributed by atoms with Crippen LogP contribution in [-0.4, -0.2) is 44.9 Å². The molecule has 3 N–H and O–H groups in total. The van der Waals surface area contributed by atoms with E-state index in [1.165, 1.54) is 24.3 Å². The molecule has 36 heavy (non-hydrogen) atoms. The molecular formula is C26H31F4N5O. The first-order chi connectivity index (χ1) is 16.9. The lowest BCUT2D eigenvalue weighted by molar-refractivity contribution is -0.139. The minimum absolute atomic E-state index is 0.169. The van der Waals surface area contributed by atoms with Crippen LogP contribution in [0.15, 0.2) is 42.5 Å². The van der Waals surface area contributed by atoms with Gasteiger partial charge < -0.3 is 10.4 Å². The smallest absolute Gasteiger partial charge is 0.396 e. The number of alkyl halides is 3. The lowest BCUT2D eigenvalue weighted by Crippen LogP contribution is -2.51. The molecule has 0 radical (unpaired) electrons. The second kappa shape index (κ2) is 9.82. The number of piperidine rings is 1. The van der Waals surface area contributed by atoms with Crippen LogP contribution in [-0.2, 0) is 18.1 Å². The highest BCUT2D eigenvalue weighted by Gasteiger charge is 2.43. The Morgan fingerprint density at radius 3 is 2.31 bits per heavy atom. The highest BCUT2D eigenvalue weighted by Crippen LogP contribution is 2.43. The van der Waals surface area contributed by atoms with Crippen molar-refractivity contribution in [2.75, 3.05) is 25.0 Å². The lowest BCUT2D eigenvalue weighted by Gasteiger charge is -2.48. The third kappa shape index (κ3) is 5.39. The SMILES string of the molecule is Cc1cc(Nc2ccc(F)c(CC3(CO)CCN(C(C)(C)c4ccccc4C(F)(F)F)CC3)n2)n[nH]1. The van der Waals surface area contributed by atoms with Gasteiger partial charge in [0.05, 0.1) is 11.3 Å². The maximum Gasteiger partial charge on any atom is 0.416 e. The van der Waals surface area contributed by atoms with Crippen LogP contribution in [0.1, 0.15) is 49.2 Å². The molecule has 1 saturated heterocycles. The number of rotatable bonds is 7. The highest BCUT2D eigenvalue weighted by atomic mass is 19.4. The van der Waals surface area contributed by atoms with E-state index in [0.717, 1.165) is 11.8 Å². The summed E-state index contributed by atoms with van der Waals surface area (Å²) < 4.78 is 55.7. The third-order valence-electron chi connectivity index (χ3n) is 7.26. The van der Waals surface area contributed by atoms with E-state index in [9.17, 15) is 22.7 Å². The second-order valence-corrected chi connectivity index (χ2v) is 10.1.